The number of halogens is 1. The Morgan fingerprint density at radius 2 is 2.00 bits per heavy atom. The van der Waals surface area contributed by atoms with Gasteiger partial charge >= 0.3 is 0 Å². The second-order valence-corrected chi connectivity index (χ2v) is 9.29. The Kier molecular flexibility index (Phi) is 6.06. The largest absolute Gasteiger partial charge is 0.447 e. The van der Waals surface area contributed by atoms with Crippen LogP contribution in [0.25, 0.3) is 11.3 Å². The van der Waals surface area contributed by atoms with Crippen molar-refractivity contribution in [2.45, 2.75) is 32.2 Å². The molecule has 8 heteroatoms. The molecule has 0 spiro atoms. The van der Waals surface area contributed by atoms with Gasteiger partial charge in [-0.1, -0.05) is 71.9 Å². The molecule has 0 fully saturated rings. The van der Waals surface area contributed by atoms with E-state index >= 15 is 0 Å². The van der Waals surface area contributed by atoms with E-state index in [-0.39, 0.29) is 5.91 Å². The summed E-state index contributed by atoms with van der Waals surface area (Å²) in [6.07, 6.45) is -0.679. The molecule has 0 saturated heterocycles. The zero-order chi connectivity index (χ0) is 21.3. The first-order valence-electron chi connectivity index (χ1n) is 9.63. The number of thioether (sulfide) groups is 1. The number of carbonyl (C=O) groups is 1. The highest BCUT2D eigenvalue weighted by Gasteiger charge is 2.34. The van der Waals surface area contributed by atoms with Crippen LogP contribution in [0.1, 0.15) is 32.6 Å². The number of rotatable bonds is 4. The normalized spacial score (nSPS) is 15.2. The number of nitrogens with zero attached hydrogens (tertiary/aromatic N) is 4. The summed E-state index contributed by atoms with van der Waals surface area (Å²) in [5.41, 5.74) is 2.84. The number of anilines is 1. The summed E-state index contributed by atoms with van der Waals surface area (Å²) in [7, 11) is 0. The lowest BCUT2D eigenvalue weighted by Gasteiger charge is -2.30. The second-order valence-electron chi connectivity index (χ2n) is 7.38. The number of hydrogen-bond donors (Lipinski definition) is 0. The van der Waals surface area contributed by atoms with Gasteiger partial charge in [0.2, 0.25) is 23.2 Å². The van der Waals surface area contributed by atoms with E-state index in [1.807, 2.05) is 48.5 Å². The predicted octanol–water partition coefficient (Wildman–Crippen LogP) is 5.49. The number of hydrogen-bond acceptors (Lipinski definition) is 6. The van der Waals surface area contributed by atoms with Crippen LogP contribution < -0.4 is 9.64 Å². The van der Waals surface area contributed by atoms with E-state index in [1.54, 1.807) is 16.7 Å². The molecule has 1 atom stereocenters. The smallest absolute Gasteiger partial charge is 0.247 e. The minimum atomic E-state index is -0.679. The van der Waals surface area contributed by atoms with Gasteiger partial charge < -0.3 is 4.74 Å². The molecule has 30 heavy (non-hydrogen) atoms. The Bertz CT molecular complexity index is 1090. The Hall–Kier alpha value is -2.45. The van der Waals surface area contributed by atoms with Gasteiger partial charge in [0, 0.05) is 28.3 Å². The van der Waals surface area contributed by atoms with Crippen molar-refractivity contribution in [3.05, 3.63) is 58.6 Å². The predicted molar refractivity (Wildman–Crippen MR) is 121 cm³/mol. The van der Waals surface area contributed by atoms with Gasteiger partial charge in [0.25, 0.3) is 0 Å². The van der Waals surface area contributed by atoms with Crippen LogP contribution in [0.3, 0.4) is 0 Å². The number of amides is 1. The molecule has 1 amide bonds. The van der Waals surface area contributed by atoms with E-state index in [1.165, 1.54) is 6.92 Å². The van der Waals surface area contributed by atoms with Crippen LogP contribution in [-0.2, 0) is 4.79 Å². The highest BCUT2D eigenvalue weighted by atomic mass is 79.9. The van der Waals surface area contributed by atoms with Gasteiger partial charge in [-0.2, -0.15) is 4.98 Å². The van der Waals surface area contributed by atoms with E-state index < -0.39 is 6.23 Å². The average molecular weight is 485 g/mol. The molecular weight excluding hydrogens is 464 g/mol. The lowest BCUT2D eigenvalue weighted by atomic mass is 10.1. The van der Waals surface area contributed by atoms with Gasteiger partial charge in [-0.05, 0) is 24.1 Å². The topological polar surface area (TPSA) is 68.2 Å². The molecule has 2 aromatic carbocycles. The van der Waals surface area contributed by atoms with Crippen molar-refractivity contribution in [2.24, 2.45) is 5.92 Å². The maximum absolute atomic E-state index is 12.8. The Balaban J connectivity index is 1.88. The van der Waals surface area contributed by atoms with E-state index in [4.69, 9.17) is 4.74 Å². The van der Waals surface area contributed by atoms with Crippen molar-refractivity contribution in [3.8, 4) is 17.1 Å². The van der Waals surface area contributed by atoms with Crippen LogP contribution in [0.2, 0.25) is 0 Å². The number of carbonyl (C=O) groups excluding carboxylic acids is 1. The molecule has 0 radical (unpaired) electrons. The summed E-state index contributed by atoms with van der Waals surface area (Å²) >= 11 is 5.06. The van der Waals surface area contributed by atoms with Crippen molar-refractivity contribution in [1.29, 1.82) is 0 Å². The highest BCUT2D eigenvalue weighted by Crippen LogP contribution is 2.43. The molecule has 0 bridgehead atoms. The van der Waals surface area contributed by atoms with E-state index in [0.29, 0.717) is 28.3 Å². The molecule has 154 valence electrons. The first kappa shape index (κ1) is 20.8. The summed E-state index contributed by atoms with van der Waals surface area (Å²) in [4.78, 5) is 19.0. The number of aromatic nitrogens is 3. The molecule has 4 rings (SSSR count). The lowest BCUT2D eigenvalue weighted by molar-refractivity contribution is -0.118. The molecule has 0 saturated carbocycles. The number of ether oxygens (including phenoxy) is 1. The summed E-state index contributed by atoms with van der Waals surface area (Å²) in [6, 6.07) is 15.3. The third-order valence-electron chi connectivity index (χ3n) is 4.53. The van der Waals surface area contributed by atoms with Crippen LogP contribution >= 0.6 is 27.7 Å². The van der Waals surface area contributed by atoms with Crippen molar-refractivity contribution >= 4 is 39.3 Å². The van der Waals surface area contributed by atoms with Crippen LogP contribution in [0.4, 0.5) is 5.69 Å². The van der Waals surface area contributed by atoms with Crippen LogP contribution in [0.5, 0.6) is 5.88 Å². The minimum absolute atomic E-state index is 0.136. The third-order valence-corrected chi connectivity index (χ3v) is 6.29. The SMILES string of the molecule is CC(=O)N1c2ccccc2-c2nnc(SCC(C)C)nc2O[C@H]1c1cccc(Br)c1. The minimum Gasteiger partial charge on any atom is -0.447 e. The maximum Gasteiger partial charge on any atom is 0.247 e. The molecule has 0 aliphatic carbocycles. The van der Waals surface area contributed by atoms with Crippen molar-refractivity contribution in [1.82, 2.24) is 15.2 Å². The summed E-state index contributed by atoms with van der Waals surface area (Å²) in [6.45, 7) is 5.82. The van der Waals surface area contributed by atoms with Crippen LogP contribution in [0, 0.1) is 5.92 Å². The lowest BCUT2D eigenvalue weighted by Crippen LogP contribution is -2.36. The van der Waals surface area contributed by atoms with Gasteiger partial charge in [-0.25, -0.2) is 0 Å². The summed E-state index contributed by atoms with van der Waals surface area (Å²) in [5, 5.41) is 9.29. The molecule has 1 aromatic heterocycles. The number of benzene rings is 2. The Morgan fingerprint density at radius 3 is 2.73 bits per heavy atom. The summed E-state index contributed by atoms with van der Waals surface area (Å²) in [5.74, 6) is 1.62. The Morgan fingerprint density at radius 1 is 1.20 bits per heavy atom. The fourth-order valence-electron chi connectivity index (χ4n) is 3.23. The van der Waals surface area contributed by atoms with Crippen LogP contribution in [0.15, 0.2) is 58.2 Å². The molecule has 1 aliphatic rings. The van der Waals surface area contributed by atoms with Gasteiger partial charge in [0.1, 0.15) is 0 Å². The van der Waals surface area contributed by atoms with Crippen LogP contribution in [-0.4, -0.2) is 26.8 Å². The second kappa shape index (κ2) is 8.73. The molecule has 0 N–H and O–H groups in total. The van der Waals surface area contributed by atoms with Gasteiger partial charge in [-0.3, -0.25) is 9.69 Å². The Labute approximate surface area is 188 Å². The third kappa shape index (κ3) is 4.20. The first-order chi connectivity index (χ1) is 14.4. The van der Waals surface area contributed by atoms with Crippen molar-refractivity contribution in [2.75, 3.05) is 10.7 Å². The standard InChI is InChI=1S/C22H21BrN4O2S/c1-13(2)12-30-22-24-20-19(25-26-22)17-9-4-5-10-18(17)27(14(3)28)21(29-20)15-7-6-8-16(23)11-15/h4-11,13,21H,12H2,1-3H3/t21-/m0/s1. The van der Waals surface area contributed by atoms with Gasteiger partial charge in [0.05, 0.1) is 5.69 Å². The average Bonchev–Trinajstić information content (AvgIpc) is 2.86. The molecule has 3 aromatic rings. The van der Waals surface area contributed by atoms with E-state index in [9.17, 15) is 4.79 Å². The fourth-order valence-corrected chi connectivity index (χ4v) is 4.38. The van der Waals surface area contributed by atoms with E-state index in [0.717, 1.165) is 21.4 Å². The maximum atomic E-state index is 12.8. The highest BCUT2D eigenvalue weighted by molar-refractivity contribution is 9.10. The van der Waals surface area contributed by atoms with Gasteiger partial charge in [0.15, 0.2) is 5.69 Å². The summed E-state index contributed by atoms with van der Waals surface area (Å²) < 4.78 is 7.26. The zero-order valence-electron chi connectivity index (χ0n) is 16.9. The molecule has 2 heterocycles. The first-order valence-corrected chi connectivity index (χ1v) is 11.4. The van der Waals surface area contributed by atoms with Crippen molar-refractivity contribution in [3.63, 3.8) is 0 Å². The fraction of sp³-hybridized carbons (Fsp3) is 0.273. The number of para-hydroxylation sites is 1. The monoisotopic (exact) mass is 484 g/mol. The van der Waals surface area contributed by atoms with E-state index in [2.05, 4.69) is 45.0 Å². The molecule has 0 unspecified atom stereocenters. The quantitative estimate of drug-likeness (QED) is 0.455. The number of fused-ring (bicyclic) bond motifs is 3. The zero-order valence-corrected chi connectivity index (χ0v) is 19.3. The van der Waals surface area contributed by atoms with Gasteiger partial charge in [-0.15, -0.1) is 10.2 Å². The molecule has 6 nitrogen and oxygen atoms in total. The molecular formula is C22H21BrN4O2S. The van der Waals surface area contributed by atoms with Crippen molar-refractivity contribution < 1.29 is 9.53 Å². The molecule has 1 aliphatic heterocycles.